The van der Waals surface area contributed by atoms with E-state index < -0.39 is 40.4 Å². The number of nitrogens with zero attached hydrogens (tertiary/aromatic N) is 2. The van der Waals surface area contributed by atoms with Gasteiger partial charge in [-0.15, -0.1) is 0 Å². The maximum Gasteiger partial charge on any atom is 0.265 e. The van der Waals surface area contributed by atoms with Gasteiger partial charge in [-0.2, -0.15) is 0 Å². The van der Waals surface area contributed by atoms with Crippen LogP contribution >= 0.6 is 11.6 Å². The highest BCUT2D eigenvalue weighted by Crippen LogP contribution is 2.37. The Morgan fingerprint density at radius 2 is 2.00 bits per heavy atom. The molecule has 11 heteroatoms. The summed E-state index contributed by atoms with van der Waals surface area (Å²) in [5.41, 5.74) is 0.608. The predicted octanol–water partition coefficient (Wildman–Crippen LogP) is 3.56. The van der Waals surface area contributed by atoms with Crippen molar-refractivity contribution in [3.8, 4) is 5.75 Å². The summed E-state index contributed by atoms with van der Waals surface area (Å²) in [7, 11) is -4.10. The first kappa shape index (κ1) is 23.9. The van der Waals surface area contributed by atoms with Gasteiger partial charge in [-0.25, -0.2) is 22.1 Å². The summed E-state index contributed by atoms with van der Waals surface area (Å²) < 4.78 is 46.7. The molecule has 1 aliphatic heterocycles. The number of pyridine rings is 1. The van der Waals surface area contributed by atoms with E-state index >= 15 is 0 Å². The van der Waals surface area contributed by atoms with Gasteiger partial charge in [-0.05, 0) is 55.0 Å². The van der Waals surface area contributed by atoms with Gasteiger partial charge in [0, 0.05) is 5.02 Å². The number of amides is 1. The first-order chi connectivity index (χ1) is 16.2. The summed E-state index contributed by atoms with van der Waals surface area (Å²) in [5, 5.41) is 12.5. The van der Waals surface area contributed by atoms with E-state index in [9.17, 15) is 22.7 Å². The molecule has 178 valence electrons. The Kier molecular flexibility index (Phi) is 6.74. The highest BCUT2D eigenvalue weighted by atomic mass is 35.5. The van der Waals surface area contributed by atoms with Crippen molar-refractivity contribution in [1.82, 2.24) is 4.98 Å². The molecule has 0 aliphatic carbocycles. The molecule has 1 aliphatic rings. The van der Waals surface area contributed by atoms with Crippen molar-refractivity contribution in [2.75, 3.05) is 22.8 Å². The van der Waals surface area contributed by atoms with Crippen molar-refractivity contribution >= 4 is 39.2 Å². The van der Waals surface area contributed by atoms with E-state index in [2.05, 4.69) is 10.3 Å². The first-order valence-corrected chi connectivity index (χ1v) is 12.1. The highest BCUT2D eigenvalue weighted by molar-refractivity contribution is 7.92. The lowest BCUT2D eigenvalue weighted by atomic mass is 10.0. The van der Waals surface area contributed by atoms with Crippen LogP contribution in [0.4, 0.5) is 16.0 Å². The second-order valence-electron chi connectivity index (χ2n) is 7.70. The van der Waals surface area contributed by atoms with E-state index in [4.69, 9.17) is 16.3 Å². The lowest BCUT2D eigenvalue weighted by molar-refractivity contribution is -0.117. The molecule has 0 radical (unpaired) electrons. The average molecular weight is 506 g/mol. The molecule has 1 amide bonds. The van der Waals surface area contributed by atoms with Gasteiger partial charge < -0.3 is 15.2 Å². The molecule has 0 fully saturated rings. The van der Waals surface area contributed by atoms with Gasteiger partial charge >= 0.3 is 0 Å². The molecule has 0 saturated carbocycles. The molecule has 0 saturated heterocycles. The summed E-state index contributed by atoms with van der Waals surface area (Å²) in [6.45, 7) is 1.06. The van der Waals surface area contributed by atoms with Crippen molar-refractivity contribution in [2.45, 2.75) is 23.8 Å². The quantitative estimate of drug-likeness (QED) is 0.530. The minimum Gasteiger partial charge on any atom is -0.482 e. The van der Waals surface area contributed by atoms with Crippen LogP contribution in [0, 0.1) is 5.82 Å². The molecule has 2 heterocycles. The fourth-order valence-corrected chi connectivity index (χ4v) is 5.22. The van der Waals surface area contributed by atoms with Crippen LogP contribution in [0.15, 0.2) is 65.6 Å². The van der Waals surface area contributed by atoms with Gasteiger partial charge in [-0.3, -0.25) is 4.79 Å². The Bertz CT molecular complexity index is 1320. The van der Waals surface area contributed by atoms with Crippen LogP contribution in [0.25, 0.3) is 0 Å². The number of hydrogen-bond acceptors (Lipinski definition) is 6. The van der Waals surface area contributed by atoms with Crippen LogP contribution in [-0.4, -0.2) is 43.7 Å². The normalized spacial score (nSPS) is 16.4. The Balaban J connectivity index is 1.66. The number of sulfonamides is 1. The number of fused-ring (bicyclic) bond motifs is 1. The number of hydrogen-bond donors (Lipinski definition) is 2. The maximum atomic E-state index is 13.4. The number of carbonyl (C=O) groups is 1. The maximum absolute atomic E-state index is 13.4. The van der Waals surface area contributed by atoms with E-state index in [1.165, 1.54) is 54.6 Å². The third kappa shape index (κ3) is 4.84. The number of ether oxygens (including phenoxy) is 1. The van der Waals surface area contributed by atoms with E-state index in [-0.39, 0.29) is 33.8 Å². The molecule has 2 aromatic carbocycles. The van der Waals surface area contributed by atoms with Crippen molar-refractivity contribution in [1.29, 1.82) is 0 Å². The fraction of sp³-hybridized carbons (Fsp3) is 0.217. The van der Waals surface area contributed by atoms with E-state index in [1.54, 1.807) is 13.0 Å². The number of halogens is 2. The minimum atomic E-state index is -4.10. The zero-order chi connectivity index (χ0) is 24.5. The van der Waals surface area contributed by atoms with Crippen LogP contribution in [-0.2, 0) is 14.8 Å². The topological polar surface area (TPSA) is 109 Å². The van der Waals surface area contributed by atoms with Crippen molar-refractivity contribution in [2.24, 2.45) is 0 Å². The number of anilines is 2. The zero-order valence-corrected chi connectivity index (χ0v) is 19.6. The number of rotatable bonds is 6. The number of benzene rings is 2. The fourth-order valence-electron chi connectivity index (χ4n) is 3.46. The van der Waals surface area contributed by atoms with Gasteiger partial charge in [0.05, 0.1) is 24.0 Å². The molecule has 0 bridgehead atoms. The largest absolute Gasteiger partial charge is 0.482 e. The van der Waals surface area contributed by atoms with Crippen LogP contribution < -0.4 is 14.4 Å². The van der Waals surface area contributed by atoms with Crippen LogP contribution in [0.3, 0.4) is 0 Å². The SMILES string of the molecule is C[C@H](C(=O)Nc1ccc2c(n1)N(S(=O)(=O)c1cccc(Cl)c1)C[C@H](CO)O2)c1ccc(F)cc1. The lowest BCUT2D eigenvalue weighted by Gasteiger charge is -2.34. The minimum absolute atomic E-state index is 0.0306. The van der Waals surface area contributed by atoms with E-state index in [1.807, 2.05) is 0 Å². The second kappa shape index (κ2) is 9.57. The van der Waals surface area contributed by atoms with Crippen LogP contribution in [0.1, 0.15) is 18.4 Å². The van der Waals surface area contributed by atoms with Crippen LogP contribution in [0.5, 0.6) is 5.75 Å². The molecule has 4 rings (SSSR count). The molecule has 1 aromatic heterocycles. The molecule has 2 N–H and O–H groups in total. The zero-order valence-electron chi connectivity index (χ0n) is 18.0. The predicted molar refractivity (Wildman–Crippen MR) is 125 cm³/mol. The van der Waals surface area contributed by atoms with Gasteiger partial charge in [0.25, 0.3) is 10.0 Å². The molecular weight excluding hydrogens is 485 g/mol. The Morgan fingerprint density at radius 1 is 1.26 bits per heavy atom. The molecule has 8 nitrogen and oxygen atoms in total. The van der Waals surface area contributed by atoms with Crippen LogP contribution in [0.2, 0.25) is 5.02 Å². The monoisotopic (exact) mass is 505 g/mol. The summed E-state index contributed by atoms with van der Waals surface area (Å²) >= 11 is 5.99. The summed E-state index contributed by atoms with van der Waals surface area (Å²) in [5.74, 6) is -1.21. The van der Waals surface area contributed by atoms with Gasteiger partial charge in [-0.1, -0.05) is 29.8 Å². The third-order valence-electron chi connectivity index (χ3n) is 5.34. The summed E-state index contributed by atoms with van der Waals surface area (Å²) in [4.78, 5) is 17.0. The Labute approximate surface area is 201 Å². The standard InChI is InChI=1S/C23H21ClFN3O5S/c1-14(15-5-7-17(25)8-6-15)23(30)27-21-10-9-20-22(26-21)28(12-18(13-29)33-20)34(31,32)19-4-2-3-16(24)11-19/h2-11,14,18,29H,12-13H2,1H3,(H,26,27,30)/t14-,18+/m0/s1. The van der Waals surface area contributed by atoms with Crippen molar-refractivity contribution < 1.29 is 27.4 Å². The summed E-state index contributed by atoms with van der Waals surface area (Å²) in [6.07, 6.45) is -0.804. The number of carbonyl (C=O) groups excluding carboxylic acids is 1. The van der Waals surface area contributed by atoms with Gasteiger partial charge in [0.2, 0.25) is 5.91 Å². The molecule has 0 spiro atoms. The number of aromatic nitrogens is 1. The van der Waals surface area contributed by atoms with Crippen molar-refractivity contribution in [3.05, 3.63) is 77.1 Å². The number of aliphatic hydroxyl groups is 1. The Morgan fingerprint density at radius 3 is 2.68 bits per heavy atom. The molecule has 0 unspecified atom stereocenters. The van der Waals surface area contributed by atoms with Gasteiger partial charge in [0.1, 0.15) is 17.7 Å². The van der Waals surface area contributed by atoms with Crippen molar-refractivity contribution in [3.63, 3.8) is 0 Å². The smallest absolute Gasteiger partial charge is 0.265 e. The van der Waals surface area contributed by atoms with Gasteiger partial charge in [0.15, 0.2) is 11.6 Å². The Hall–Kier alpha value is -3.21. The summed E-state index contributed by atoms with van der Waals surface area (Å²) in [6, 6.07) is 14.3. The average Bonchev–Trinajstić information content (AvgIpc) is 2.83. The number of aliphatic hydroxyl groups excluding tert-OH is 1. The lowest BCUT2D eigenvalue weighted by Crippen LogP contribution is -2.45. The molecule has 34 heavy (non-hydrogen) atoms. The third-order valence-corrected chi connectivity index (χ3v) is 7.33. The number of nitrogens with one attached hydrogen (secondary N) is 1. The highest BCUT2D eigenvalue weighted by Gasteiger charge is 2.36. The van der Waals surface area contributed by atoms with E-state index in [0.717, 1.165) is 4.31 Å². The second-order valence-corrected chi connectivity index (χ2v) is 10.00. The molecule has 2 atom stereocenters. The first-order valence-electron chi connectivity index (χ1n) is 10.3. The van der Waals surface area contributed by atoms with E-state index in [0.29, 0.717) is 5.56 Å². The molecular formula is C23H21ClFN3O5S. The molecule has 3 aromatic rings.